The van der Waals surface area contributed by atoms with E-state index in [1.807, 2.05) is 30.3 Å². The summed E-state index contributed by atoms with van der Waals surface area (Å²) in [6.45, 7) is 0. The van der Waals surface area contributed by atoms with Crippen molar-refractivity contribution < 1.29 is 19.4 Å². The van der Waals surface area contributed by atoms with Crippen molar-refractivity contribution in [1.82, 2.24) is 9.97 Å². The number of nitrogens with zero attached hydrogens (tertiary/aromatic N) is 1. The van der Waals surface area contributed by atoms with E-state index in [0.717, 1.165) is 0 Å². The maximum Gasteiger partial charge on any atom is 0.311 e. The molecule has 29 heavy (non-hydrogen) atoms. The van der Waals surface area contributed by atoms with Crippen LogP contribution in [-0.2, 0) is 9.59 Å². The highest BCUT2D eigenvalue weighted by Crippen LogP contribution is 2.29. The third-order valence-corrected chi connectivity index (χ3v) is 4.35. The van der Waals surface area contributed by atoms with Gasteiger partial charge >= 0.3 is 5.97 Å². The number of benzene rings is 2. The Balaban J connectivity index is 1.55. The van der Waals surface area contributed by atoms with E-state index in [1.165, 1.54) is 0 Å². The number of aliphatic carboxylic acids is 1. The van der Waals surface area contributed by atoms with Crippen LogP contribution in [0.25, 0.3) is 0 Å². The van der Waals surface area contributed by atoms with Gasteiger partial charge in [-0.2, -0.15) is 4.98 Å². The van der Waals surface area contributed by atoms with Gasteiger partial charge in [-0.3, -0.25) is 19.4 Å². The lowest BCUT2D eigenvalue weighted by Crippen LogP contribution is -2.34. The number of para-hydroxylation sites is 1. The van der Waals surface area contributed by atoms with Crippen molar-refractivity contribution >= 4 is 29.3 Å². The molecular weight excluding hydrogens is 376 g/mol. The van der Waals surface area contributed by atoms with E-state index in [0.29, 0.717) is 17.2 Å². The molecule has 0 fully saturated rings. The van der Waals surface area contributed by atoms with Crippen LogP contribution >= 0.6 is 0 Å². The minimum absolute atomic E-state index is 0.0519. The second kappa shape index (κ2) is 7.47. The Kier molecular flexibility index (Phi) is 4.70. The Morgan fingerprint density at radius 3 is 2.45 bits per heavy atom. The molecule has 0 spiro atoms. The largest absolute Gasteiger partial charge is 0.481 e. The zero-order valence-electron chi connectivity index (χ0n) is 15.0. The molecule has 0 radical (unpaired) electrons. The maximum absolute atomic E-state index is 12.4. The van der Waals surface area contributed by atoms with E-state index < -0.39 is 23.4 Å². The van der Waals surface area contributed by atoms with Crippen molar-refractivity contribution in [2.24, 2.45) is 0 Å². The molecule has 4 N–H and O–H groups in total. The molecule has 4 rings (SSSR count). The molecule has 1 atom stereocenters. The number of aromatic amines is 1. The molecule has 146 valence electrons. The number of carboxylic acids is 1. The number of carboxylic acid groups (broad SMARTS) is 1. The number of carbonyl (C=O) groups excluding carboxylic acids is 1. The highest BCUT2D eigenvalue weighted by atomic mass is 16.5. The minimum Gasteiger partial charge on any atom is -0.481 e. The number of rotatable bonds is 5. The minimum atomic E-state index is -1.25. The number of hydrogen-bond acceptors (Lipinski definition) is 6. The molecule has 1 aromatic heterocycles. The summed E-state index contributed by atoms with van der Waals surface area (Å²) in [5.41, 5.74) is -0.0615. The van der Waals surface area contributed by atoms with E-state index in [-0.39, 0.29) is 23.8 Å². The van der Waals surface area contributed by atoms with Gasteiger partial charge in [-0.15, -0.1) is 0 Å². The van der Waals surface area contributed by atoms with Crippen molar-refractivity contribution in [3.63, 3.8) is 0 Å². The van der Waals surface area contributed by atoms with Gasteiger partial charge < -0.3 is 20.5 Å². The molecule has 9 heteroatoms. The molecule has 0 saturated carbocycles. The Bertz CT molecular complexity index is 1130. The predicted octanol–water partition coefficient (Wildman–Crippen LogP) is 2.82. The first-order chi connectivity index (χ1) is 14.0. The van der Waals surface area contributed by atoms with E-state index in [1.54, 1.807) is 24.3 Å². The lowest BCUT2D eigenvalue weighted by atomic mass is 9.94. The smallest absolute Gasteiger partial charge is 0.311 e. The van der Waals surface area contributed by atoms with Crippen molar-refractivity contribution in [2.45, 2.75) is 12.3 Å². The number of amides is 1. The summed E-state index contributed by atoms with van der Waals surface area (Å²) in [6, 6.07) is 16.3. The standard InChI is InChI=1S/C20H16N4O5/c25-15-10-14(19(27)28)16-17(22-15)23-20(24-18(16)26)21-11-6-8-13(9-7-11)29-12-4-2-1-3-5-12/h1-9,14H,10H2,(H,27,28)(H3,21,22,23,24,25,26)/t14-/m0/s1. The van der Waals surface area contributed by atoms with Crippen LogP contribution in [0.5, 0.6) is 11.5 Å². The fraction of sp³-hybridized carbons (Fsp3) is 0.100. The van der Waals surface area contributed by atoms with Gasteiger partial charge in [0.1, 0.15) is 17.3 Å². The molecule has 0 unspecified atom stereocenters. The number of anilines is 3. The lowest BCUT2D eigenvalue weighted by Gasteiger charge is -2.21. The van der Waals surface area contributed by atoms with Gasteiger partial charge in [-0.1, -0.05) is 18.2 Å². The van der Waals surface area contributed by atoms with Gasteiger partial charge in [0, 0.05) is 12.1 Å². The summed E-state index contributed by atoms with van der Waals surface area (Å²) in [7, 11) is 0. The van der Waals surface area contributed by atoms with Crippen LogP contribution in [0.4, 0.5) is 17.5 Å². The topological polar surface area (TPSA) is 133 Å². The predicted molar refractivity (Wildman–Crippen MR) is 105 cm³/mol. The Hall–Kier alpha value is -4.14. The number of ether oxygens (including phenoxy) is 1. The number of hydrogen-bond donors (Lipinski definition) is 4. The van der Waals surface area contributed by atoms with E-state index in [4.69, 9.17) is 4.74 Å². The molecular formula is C20H16N4O5. The quantitative estimate of drug-likeness (QED) is 0.525. The Morgan fingerprint density at radius 2 is 1.76 bits per heavy atom. The second-order valence-corrected chi connectivity index (χ2v) is 6.38. The van der Waals surface area contributed by atoms with Crippen molar-refractivity contribution in [3.8, 4) is 11.5 Å². The fourth-order valence-corrected chi connectivity index (χ4v) is 3.01. The van der Waals surface area contributed by atoms with Gasteiger partial charge in [0.25, 0.3) is 5.56 Å². The van der Waals surface area contributed by atoms with Gasteiger partial charge in [0.2, 0.25) is 11.9 Å². The SMILES string of the molecule is O=C1C[C@H](C(=O)O)c2c(nc(Nc3ccc(Oc4ccccc4)cc3)[nH]c2=O)N1. The molecule has 1 amide bonds. The summed E-state index contributed by atoms with van der Waals surface area (Å²) in [4.78, 5) is 42.2. The summed E-state index contributed by atoms with van der Waals surface area (Å²) >= 11 is 0. The normalized spacial score (nSPS) is 15.2. The van der Waals surface area contributed by atoms with Gasteiger partial charge in [0.05, 0.1) is 11.5 Å². The van der Waals surface area contributed by atoms with Crippen LogP contribution in [0.2, 0.25) is 0 Å². The molecule has 1 aliphatic heterocycles. The molecule has 2 heterocycles. The number of aromatic nitrogens is 2. The Labute approximate surface area is 164 Å². The second-order valence-electron chi connectivity index (χ2n) is 6.38. The first kappa shape index (κ1) is 18.2. The van der Waals surface area contributed by atoms with Gasteiger partial charge in [0.15, 0.2) is 0 Å². The summed E-state index contributed by atoms with van der Waals surface area (Å²) in [5.74, 6) is -1.61. The van der Waals surface area contributed by atoms with E-state index in [9.17, 15) is 19.5 Å². The summed E-state index contributed by atoms with van der Waals surface area (Å²) in [6.07, 6.45) is -0.303. The van der Waals surface area contributed by atoms with Crippen molar-refractivity contribution in [3.05, 3.63) is 70.5 Å². The van der Waals surface area contributed by atoms with Gasteiger partial charge in [-0.25, -0.2) is 0 Å². The zero-order valence-corrected chi connectivity index (χ0v) is 15.0. The van der Waals surface area contributed by atoms with Crippen LogP contribution in [0.1, 0.15) is 17.9 Å². The summed E-state index contributed by atoms with van der Waals surface area (Å²) < 4.78 is 5.72. The third-order valence-electron chi connectivity index (χ3n) is 4.35. The van der Waals surface area contributed by atoms with Crippen LogP contribution in [-0.4, -0.2) is 27.0 Å². The molecule has 1 aliphatic rings. The number of carbonyl (C=O) groups is 2. The molecule has 0 aliphatic carbocycles. The highest BCUT2D eigenvalue weighted by molar-refractivity contribution is 5.98. The number of H-pyrrole nitrogens is 1. The monoisotopic (exact) mass is 392 g/mol. The summed E-state index contributed by atoms with van der Waals surface area (Å²) in [5, 5.41) is 14.7. The molecule has 3 aromatic rings. The van der Waals surface area contributed by atoms with Crippen LogP contribution in [0.15, 0.2) is 59.4 Å². The van der Waals surface area contributed by atoms with Crippen molar-refractivity contribution in [1.29, 1.82) is 0 Å². The van der Waals surface area contributed by atoms with E-state index >= 15 is 0 Å². The average molecular weight is 392 g/mol. The highest BCUT2D eigenvalue weighted by Gasteiger charge is 2.34. The van der Waals surface area contributed by atoms with Crippen LogP contribution < -0.4 is 20.9 Å². The number of fused-ring (bicyclic) bond motifs is 1. The first-order valence-corrected chi connectivity index (χ1v) is 8.76. The lowest BCUT2D eigenvalue weighted by molar-refractivity contribution is -0.140. The van der Waals surface area contributed by atoms with Crippen molar-refractivity contribution in [2.75, 3.05) is 10.6 Å². The zero-order chi connectivity index (χ0) is 20.4. The third kappa shape index (κ3) is 3.93. The van der Waals surface area contributed by atoms with Crippen LogP contribution in [0, 0.1) is 0 Å². The van der Waals surface area contributed by atoms with Gasteiger partial charge in [-0.05, 0) is 36.4 Å². The van der Waals surface area contributed by atoms with E-state index in [2.05, 4.69) is 20.6 Å². The fourth-order valence-electron chi connectivity index (χ4n) is 3.01. The molecule has 0 bridgehead atoms. The van der Waals surface area contributed by atoms with Crippen LogP contribution in [0.3, 0.4) is 0 Å². The molecule has 2 aromatic carbocycles. The molecule has 9 nitrogen and oxygen atoms in total. The number of nitrogens with one attached hydrogen (secondary N) is 3. The molecule has 0 saturated heterocycles. The first-order valence-electron chi connectivity index (χ1n) is 8.76. The Morgan fingerprint density at radius 1 is 1.07 bits per heavy atom. The average Bonchev–Trinajstić information content (AvgIpc) is 2.69. The maximum atomic E-state index is 12.4.